The number of hydrogen-bond acceptors (Lipinski definition) is 2. The Bertz CT molecular complexity index is 470. The Morgan fingerprint density at radius 1 is 1.21 bits per heavy atom. The second-order valence-corrected chi connectivity index (χ2v) is 4.91. The summed E-state index contributed by atoms with van der Waals surface area (Å²) in [5.74, 6) is -2.80. The highest BCUT2D eigenvalue weighted by Gasteiger charge is 2.45. The number of halogens is 2. The summed E-state index contributed by atoms with van der Waals surface area (Å²) >= 11 is 0. The summed E-state index contributed by atoms with van der Waals surface area (Å²) in [6, 6.07) is 2.08. The molecule has 1 saturated carbocycles. The van der Waals surface area contributed by atoms with Gasteiger partial charge in [0.1, 0.15) is 17.4 Å². The Hall–Kier alpha value is -1.65. The zero-order valence-electron chi connectivity index (χ0n) is 10.7. The van der Waals surface area contributed by atoms with Crippen LogP contribution in [0.1, 0.15) is 37.7 Å². The molecule has 0 aliphatic heterocycles. The van der Waals surface area contributed by atoms with Gasteiger partial charge in [-0.1, -0.05) is 19.3 Å². The van der Waals surface area contributed by atoms with E-state index in [4.69, 9.17) is 4.74 Å². The summed E-state index contributed by atoms with van der Waals surface area (Å²) in [7, 11) is 1.31. The van der Waals surface area contributed by atoms with Gasteiger partial charge in [0.2, 0.25) is 0 Å². The van der Waals surface area contributed by atoms with Gasteiger partial charge in [-0.3, -0.25) is 4.79 Å². The molecule has 1 aliphatic carbocycles. The molecular weight excluding hydrogens is 254 g/mol. The van der Waals surface area contributed by atoms with Crippen LogP contribution >= 0.6 is 0 Å². The van der Waals surface area contributed by atoms with Crippen LogP contribution in [0.15, 0.2) is 12.1 Å². The van der Waals surface area contributed by atoms with Gasteiger partial charge in [-0.05, 0) is 12.8 Å². The molecular formula is C14H16F2O3. The average Bonchev–Trinajstić information content (AvgIpc) is 2.38. The monoisotopic (exact) mass is 270 g/mol. The Labute approximate surface area is 110 Å². The molecule has 5 heteroatoms. The van der Waals surface area contributed by atoms with E-state index in [1.807, 2.05) is 0 Å². The molecule has 1 fully saturated rings. The highest BCUT2D eigenvalue weighted by atomic mass is 19.1. The van der Waals surface area contributed by atoms with Crippen LogP contribution in [0.3, 0.4) is 0 Å². The molecule has 0 spiro atoms. The van der Waals surface area contributed by atoms with Gasteiger partial charge in [0, 0.05) is 17.7 Å². The van der Waals surface area contributed by atoms with Crippen molar-refractivity contribution in [1.29, 1.82) is 0 Å². The fourth-order valence-corrected chi connectivity index (χ4v) is 2.85. The molecule has 0 heterocycles. The third kappa shape index (κ3) is 2.29. The predicted octanol–water partition coefficient (Wildman–Crippen LogP) is 3.26. The molecule has 0 unspecified atom stereocenters. The quantitative estimate of drug-likeness (QED) is 0.917. The van der Waals surface area contributed by atoms with Crippen molar-refractivity contribution in [2.75, 3.05) is 7.11 Å². The van der Waals surface area contributed by atoms with Crippen LogP contribution in [-0.2, 0) is 10.2 Å². The molecule has 0 radical (unpaired) electrons. The number of carboxylic acid groups (broad SMARTS) is 1. The van der Waals surface area contributed by atoms with Gasteiger partial charge >= 0.3 is 5.97 Å². The Morgan fingerprint density at radius 2 is 1.74 bits per heavy atom. The van der Waals surface area contributed by atoms with Gasteiger partial charge in [0.15, 0.2) is 0 Å². The second-order valence-electron chi connectivity index (χ2n) is 4.91. The molecule has 2 rings (SSSR count). The third-order valence-corrected chi connectivity index (χ3v) is 3.85. The molecule has 19 heavy (non-hydrogen) atoms. The number of benzene rings is 1. The topological polar surface area (TPSA) is 46.5 Å². The van der Waals surface area contributed by atoms with Gasteiger partial charge in [0.05, 0.1) is 12.5 Å². The van der Waals surface area contributed by atoms with E-state index in [1.165, 1.54) is 7.11 Å². The van der Waals surface area contributed by atoms with Crippen LogP contribution in [0, 0.1) is 11.6 Å². The molecule has 1 aromatic carbocycles. The minimum Gasteiger partial charge on any atom is -0.497 e. The fourth-order valence-electron chi connectivity index (χ4n) is 2.85. The number of carboxylic acids is 1. The van der Waals surface area contributed by atoms with Crippen LogP contribution in [0.4, 0.5) is 8.78 Å². The van der Waals surface area contributed by atoms with E-state index in [-0.39, 0.29) is 24.2 Å². The number of aliphatic carboxylic acids is 1. The molecule has 104 valence electrons. The number of methoxy groups -OCH3 is 1. The minimum absolute atomic E-state index is 0.0510. The molecule has 1 N–H and O–H groups in total. The van der Waals surface area contributed by atoms with E-state index >= 15 is 0 Å². The Morgan fingerprint density at radius 3 is 2.16 bits per heavy atom. The standard InChI is InChI=1S/C14H16F2O3/c1-19-9-7-10(15)12(11(16)8-9)14(13(17)18)5-3-2-4-6-14/h7-8H,2-6H2,1H3,(H,17,18). The normalized spacial score (nSPS) is 18.1. The van der Waals surface area contributed by atoms with Gasteiger partial charge in [-0.15, -0.1) is 0 Å². The van der Waals surface area contributed by atoms with Crippen molar-refractivity contribution in [1.82, 2.24) is 0 Å². The Kier molecular flexibility index (Phi) is 3.73. The fraction of sp³-hybridized carbons (Fsp3) is 0.500. The first kappa shape index (κ1) is 13.8. The molecule has 1 aliphatic rings. The summed E-state index contributed by atoms with van der Waals surface area (Å²) in [4.78, 5) is 11.6. The average molecular weight is 270 g/mol. The van der Waals surface area contributed by atoms with E-state index in [0.717, 1.165) is 18.6 Å². The van der Waals surface area contributed by atoms with Gasteiger partial charge in [-0.2, -0.15) is 0 Å². The third-order valence-electron chi connectivity index (χ3n) is 3.85. The van der Waals surface area contributed by atoms with Crippen LogP contribution < -0.4 is 4.74 Å². The van der Waals surface area contributed by atoms with Crippen molar-refractivity contribution in [3.8, 4) is 5.75 Å². The molecule has 1 aromatic rings. The van der Waals surface area contributed by atoms with Crippen molar-refractivity contribution < 1.29 is 23.4 Å². The van der Waals surface area contributed by atoms with Crippen LogP contribution in [-0.4, -0.2) is 18.2 Å². The van der Waals surface area contributed by atoms with Crippen molar-refractivity contribution >= 4 is 5.97 Å². The first-order valence-electron chi connectivity index (χ1n) is 6.28. The zero-order valence-corrected chi connectivity index (χ0v) is 10.7. The number of carbonyl (C=O) groups is 1. The predicted molar refractivity (Wildman–Crippen MR) is 65.3 cm³/mol. The number of ether oxygens (including phenoxy) is 1. The molecule has 0 amide bonds. The highest BCUT2D eigenvalue weighted by Crippen LogP contribution is 2.42. The first-order chi connectivity index (χ1) is 9.01. The minimum atomic E-state index is -1.45. The molecule has 3 nitrogen and oxygen atoms in total. The van der Waals surface area contributed by atoms with E-state index in [1.54, 1.807) is 0 Å². The number of hydrogen-bond donors (Lipinski definition) is 1. The van der Waals surface area contributed by atoms with Gasteiger partial charge in [0.25, 0.3) is 0 Å². The van der Waals surface area contributed by atoms with Crippen molar-refractivity contribution in [3.05, 3.63) is 29.3 Å². The first-order valence-corrected chi connectivity index (χ1v) is 6.28. The molecule has 0 aromatic heterocycles. The lowest BCUT2D eigenvalue weighted by molar-refractivity contribution is -0.145. The lowest BCUT2D eigenvalue weighted by atomic mass is 9.69. The molecule has 0 bridgehead atoms. The molecule has 0 saturated heterocycles. The zero-order chi connectivity index (χ0) is 14.0. The molecule has 0 atom stereocenters. The number of rotatable bonds is 3. The second kappa shape index (κ2) is 5.15. The van der Waals surface area contributed by atoms with Crippen LogP contribution in [0.2, 0.25) is 0 Å². The summed E-state index contributed by atoms with van der Waals surface area (Å²) < 4.78 is 33.0. The lowest BCUT2D eigenvalue weighted by Crippen LogP contribution is -2.39. The van der Waals surface area contributed by atoms with E-state index < -0.39 is 23.0 Å². The largest absolute Gasteiger partial charge is 0.497 e. The van der Waals surface area contributed by atoms with E-state index in [9.17, 15) is 18.7 Å². The maximum Gasteiger partial charge on any atom is 0.314 e. The summed E-state index contributed by atoms with van der Waals surface area (Å²) in [5, 5.41) is 9.45. The van der Waals surface area contributed by atoms with Crippen molar-refractivity contribution in [3.63, 3.8) is 0 Å². The lowest BCUT2D eigenvalue weighted by Gasteiger charge is -2.34. The van der Waals surface area contributed by atoms with Crippen molar-refractivity contribution in [2.24, 2.45) is 0 Å². The van der Waals surface area contributed by atoms with Crippen LogP contribution in [0.25, 0.3) is 0 Å². The van der Waals surface area contributed by atoms with Crippen molar-refractivity contribution in [2.45, 2.75) is 37.5 Å². The SMILES string of the molecule is COc1cc(F)c(C2(C(=O)O)CCCCC2)c(F)c1. The van der Waals surface area contributed by atoms with E-state index in [0.29, 0.717) is 12.8 Å². The summed E-state index contributed by atoms with van der Waals surface area (Å²) in [6.45, 7) is 0. The maximum atomic E-state index is 14.1. The van der Waals surface area contributed by atoms with Gasteiger partial charge < -0.3 is 9.84 Å². The van der Waals surface area contributed by atoms with Gasteiger partial charge in [-0.25, -0.2) is 8.78 Å². The highest BCUT2D eigenvalue weighted by molar-refractivity contribution is 5.81. The van der Waals surface area contributed by atoms with E-state index in [2.05, 4.69) is 0 Å². The Balaban J connectivity index is 2.57. The summed E-state index contributed by atoms with van der Waals surface area (Å²) in [6.07, 6.45) is 2.76. The smallest absolute Gasteiger partial charge is 0.314 e. The summed E-state index contributed by atoms with van der Waals surface area (Å²) in [5.41, 5.74) is -1.78. The maximum absolute atomic E-state index is 14.1. The van der Waals surface area contributed by atoms with Crippen LogP contribution in [0.5, 0.6) is 5.75 Å².